The minimum Gasteiger partial charge on any atom is -0.494 e. The molecule has 2 aromatic carbocycles. The molecule has 0 aliphatic carbocycles. The van der Waals surface area contributed by atoms with Crippen LogP contribution in [0.15, 0.2) is 36.4 Å². The zero-order chi connectivity index (χ0) is 17.5. The van der Waals surface area contributed by atoms with Gasteiger partial charge in [-0.15, -0.1) is 0 Å². The van der Waals surface area contributed by atoms with E-state index in [-0.39, 0.29) is 11.7 Å². The van der Waals surface area contributed by atoms with E-state index in [2.05, 4.69) is 5.32 Å². The number of carbonyl (C=O) groups excluding carboxylic acids is 1. The number of benzene rings is 2. The highest BCUT2D eigenvalue weighted by molar-refractivity contribution is 5.97. The topological polar surface area (TPSA) is 38.3 Å². The van der Waals surface area contributed by atoms with Crippen molar-refractivity contribution in [3.63, 3.8) is 0 Å². The van der Waals surface area contributed by atoms with E-state index < -0.39 is 0 Å². The minimum atomic E-state index is -0.272. The van der Waals surface area contributed by atoms with Gasteiger partial charge in [-0.05, 0) is 69.0 Å². The van der Waals surface area contributed by atoms with Crippen LogP contribution < -0.4 is 10.1 Å². The van der Waals surface area contributed by atoms with E-state index in [1.807, 2.05) is 32.9 Å². The summed E-state index contributed by atoms with van der Waals surface area (Å²) < 4.78 is 18.3. The van der Waals surface area contributed by atoms with Crippen molar-refractivity contribution in [1.82, 2.24) is 5.32 Å². The number of carbonyl (C=O) groups is 1. The zero-order valence-corrected chi connectivity index (χ0v) is 14.5. The van der Waals surface area contributed by atoms with E-state index in [9.17, 15) is 9.18 Å². The van der Waals surface area contributed by atoms with Crippen LogP contribution in [0.2, 0.25) is 0 Å². The summed E-state index contributed by atoms with van der Waals surface area (Å²) >= 11 is 0. The molecular formula is C20H24FNO2. The van der Waals surface area contributed by atoms with Crippen LogP contribution >= 0.6 is 0 Å². The van der Waals surface area contributed by atoms with Crippen molar-refractivity contribution in [3.8, 4) is 5.75 Å². The number of halogens is 1. The third-order valence-corrected chi connectivity index (χ3v) is 3.84. The highest BCUT2D eigenvalue weighted by Crippen LogP contribution is 2.16. The Morgan fingerprint density at radius 2 is 1.67 bits per heavy atom. The summed E-state index contributed by atoms with van der Waals surface area (Å²) in [6.07, 6.45) is 1.65. The second kappa shape index (κ2) is 8.48. The lowest BCUT2D eigenvalue weighted by Crippen LogP contribution is -2.26. The number of unbranched alkanes of at least 4 members (excludes halogenated alkanes) is 1. The summed E-state index contributed by atoms with van der Waals surface area (Å²) in [5, 5.41) is 2.96. The summed E-state index contributed by atoms with van der Waals surface area (Å²) in [5.41, 5.74) is 3.94. The van der Waals surface area contributed by atoms with E-state index >= 15 is 0 Å². The molecule has 0 saturated carbocycles. The van der Waals surface area contributed by atoms with Crippen LogP contribution in [-0.4, -0.2) is 19.1 Å². The number of rotatable bonds is 7. The Morgan fingerprint density at radius 3 is 2.29 bits per heavy atom. The predicted molar refractivity (Wildman–Crippen MR) is 94.1 cm³/mol. The molecule has 1 N–H and O–H groups in total. The van der Waals surface area contributed by atoms with Gasteiger partial charge in [-0.25, -0.2) is 4.39 Å². The molecule has 0 heterocycles. The standard InChI is InChI=1S/C20H24FNO2/c1-14-12-15(2)19(16(3)13-14)20(23)22-10-4-5-11-24-18-8-6-17(21)7-9-18/h6-9,12-13H,4-5,10-11H2,1-3H3,(H,22,23). The van der Waals surface area contributed by atoms with E-state index in [1.165, 1.54) is 17.7 Å². The molecule has 0 unspecified atom stereocenters. The number of ether oxygens (including phenoxy) is 1. The normalized spacial score (nSPS) is 10.5. The summed E-state index contributed by atoms with van der Waals surface area (Å²) in [4.78, 5) is 12.3. The van der Waals surface area contributed by atoms with Gasteiger partial charge in [0.25, 0.3) is 5.91 Å². The van der Waals surface area contributed by atoms with Gasteiger partial charge in [0.05, 0.1) is 6.61 Å². The highest BCUT2D eigenvalue weighted by Gasteiger charge is 2.11. The maximum absolute atomic E-state index is 12.8. The molecule has 0 atom stereocenters. The largest absolute Gasteiger partial charge is 0.494 e. The van der Waals surface area contributed by atoms with Gasteiger partial charge >= 0.3 is 0 Å². The molecule has 0 aliphatic heterocycles. The van der Waals surface area contributed by atoms with Crippen molar-refractivity contribution < 1.29 is 13.9 Å². The van der Waals surface area contributed by atoms with Crippen molar-refractivity contribution in [3.05, 3.63) is 64.5 Å². The summed E-state index contributed by atoms with van der Waals surface area (Å²) in [6.45, 7) is 7.11. The first-order chi connectivity index (χ1) is 11.5. The van der Waals surface area contributed by atoms with Crippen LogP contribution in [0.25, 0.3) is 0 Å². The fraction of sp³-hybridized carbons (Fsp3) is 0.350. The zero-order valence-electron chi connectivity index (χ0n) is 14.5. The monoisotopic (exact) mass is 329 g/mol. The number of hydrogen-bond donors (Lipinski definition) is 1. The lowest BCUT2D eigenvalue weighted by atomic mass is 9.99. The fourth-order valence-corrected chi connectivity index (χ4v) is 2.78. The SMILES string of the molecule is Cc1cc(C)c(C(=O)NCCCCOc2ccc(F)cc2)c(C)c1. The van der Waals surface area contributed by atoms with Crippen molar-refractivity contribution in [2.75, 3.05) is 13.2 Å². The molecule has 0 radical (unpaired) electrons. The molecule has 1 amide bonds. The molecule has 0 aromatic heterocycles. The molecule has 4 heteroatoms. The van der Waals surface area contributed by atoms with E-state index in [0.29, 0.717) is 18.9 Å². The average Bonchev–Trinajstić information content (AvgIpc) is 2.51. The molecule has 0 aliphatic rings. The van der Waals surface area contributed by atoms with Gasteiger partial charge < -0.3 is 10.1 Å². The van der Waals surface area contributed by atoms with Gasteiger partial charge in [-0.1, -0.05) is 17.7 Å². The minimum absolute atomic E-state index is 0.0237. The first-order valence-corrected chi connectivity index (χ1v) is 8.22. The van der Waals surface area contributed by atoms with Crippen molar-refractivity contribution in [2.24, 2.45) is 0 Å². The van der Waals surface area contributed by atoms with Crippen LogP contribution in [0.5, 0.6) is 5.75 Å². The van der Waals surface area contributed by atoms with Crippen LogP contribution in [0.4, 0.5) is 4.39 Å². The second-order valence-corrected chi connectivity index (χ2v) is 6.04. The number of amides is 1. The summed E-state index contributed by atoms with van der Waals surface area (Å²) in [5.74, 6) is 0.363. The van der Waals surface area contributed by atoms with Gasteiger partial charge in [-0.2, -0.15) is 0 Å². The Morgan fingerprint density at radius 1 is 1.04 bits per heavy atom. The van der Waals surface area contributed by atoms with Gasteiger partial charge in [0.1, 0.15) is 11.6 Å². The van der Waals surface area contributed by atoms with Gasteiger partial charge in [-0.3, -0.25) is 4.79 Å². The third-order valence-electron chi connectivity index (χ3n) is 3.84. The lowest BCUT2D eigenvalue weighted by molar-refractivity contribution is 0.0951. The Balaban J connectivity index is 1.71. The number of nitrogens with one attached hydrogen (secondary N) is 1. The summed E-state index contributed by atoms with van der Waals surface area (Å²) in [6, 6.07) is 10.0. The molecule has 2 aromatic rings. The second-order valence-electron chi connectivity index (χ2n) is 6.04. The Kier molecular flexibility index (Phi) is 6.36. The highest BCUT2D eigenvalue weighted by atomic mass is 19.1. The molecule has 0 bridgehead atoms. The molecule has 2 rings (SSSR count). The number of hydrogen-bond acceptors (Lipinski definition) is 2. The van der Waals surface area contributed by atoms with Crippen LogP contribution in [0.3, 0.4) is 0 Å². The van der Waals surface area contributed by atoms with Gasteiger partial charge in [0.15, 0.2) is 0 Å². The van der Waals surface area contributed by atoms with E-state index in [1.54, 1.807) is 12.1 Å². The van der Waals surface area contributed by atoms with E-state index in [4.69, 9.17) is 4.74 Å². The quantitative estimate of drug-likeness (QED) is 0.767. The third kappa shape index (κ3) is 5.08. The first kappa shape index (κ1) is 18.0. The van der Waals surface area contributed by atoms with Gasteiger partial charge in [0.2, 0.25) is 0 Å². The lowest BCUT2D eigenvalue weighted by Gasteiger charge is -2.12. The molecule has 0 spiro atoms. The predicted octanol–water partition coefficient (Wildman–Crippen LogP) is 4.34. The van der Waals surface area contributed by atoms with E-state index in [0.717, 1.165) is 29.5 Å². The number of aryl methyl sites for hydroxylation is 3. The van der Waals surface area contributed by atoms with Crippen molar-refractivity contribution in [2.45, 2.75) is 33.6 Å². The Hall–Kier alpha value is -2.36. The average molecular weight is 329 g/mol. The van der Waals surface area contributed by atoms with Gasteiger partial charge in [0, 0.05) is 12.1 Å². The molecule has 0 saturated heterocycles. The first-order valence-electron chi connectivity index (χ1n) is 8.22. The maximum Gasteiger partial charge on any atom is 0.251 e. The molecule has 0 fully saturated rings. The van der Waals surface area contributed by atoms with Crippen LogP contribution in [0, 0.1) is 26.6 Å². The van der Waals surface area contributed by atoms with Crippen molar-refractivity contribution >= 4 is 5.91 Å². The smallest absolute Gasteiger partial charge is 0.251 e. The maximum atomic E-state index is 12.8. The molecular weight excluding hydrogens is 305 g/mol. The van der Waals surface area contributed by atoms with Crippen LogP contribution in [-0.2, 0) is 0 Å². The van der Waals surface area contributed by atoms with Crippen molar-refractivity contribution in [1.29, 1.82) is 0 Å². The molecule has 128 valence electrons. The van der Waals surface area contributed by atoms with Crippen LogP contribution in [0.1, 0.15) is 39.9 Å². The molecule has 24 heavy (non-hydrogen) atoms. The molecule has 3 nitrogen and oxygen atoms in total. The fourth-order valence-electron chi connectivity index (χ4n) is 2.78. The Labute approximate surface area is 142 Å². The summed E-state index contributed by atoms with van der Waals surface area (Å²) in [7, 11) is 0. The Bertz CT molecular complexity index is 672.